The molecule has 1 unspecified atom stereocenters. The van der Waals surface area contributed by atoms with Gasteiger partial charge in [0.1, 0.15) is 11.6 Å². The molecule has 0 bridgehead atoms. The third kappa shape index (κ3) is 3.58. The van der Waals surface area contributed by atoms with Crippen molar-refractivity contribution in [3.8, 4) is 0 Å². The van der Waals surface area contributed by atoms with Crippen molar-refractivity contribution in [2.45, 2.75) is 19.4 Å². The van der Waals surface area contributed by atoms with Gasteiger partial charge in [-0.05, 0) is 24.6 Å². The molecular formula is C12H14ClF2N. The number of nitrogens with one attached hydrogen (secondary N) is 1. The Morgan fingerprint density at radius 2 is 2.19 bits per heavy atom. The van der Waals surface area contributed by atoms with Gasteiger partial charge in [0.05, 0.1) is 0 Å². The van der Waals surface area contributed by atoms with Crippen LogP contribution in [0, 0.1) is 11.6 Å². The molecule has 88 valence electrons. The largest absolute Gasteiger partial charge is 0.305 e. The highest BCUT2D eigenvalue weighted by atomic mass is 35.5. The summed E-state index contributed by atoms with van der Waals surface area (Å²) in [6.07, 6.45) is 0.643. The Morgan fingerprint density at radius 3 is 2.75 bits per heavy atom. The van der Waals surface area contributed by atoms with Crippen molar-refractivity contribution in [2.24, 2.45) is 0 Å². The van der Waals surface area contributed by atoms with Gasteiger partial charge in [0.25, 0.3) is 0 Å². The SMILES string of the molecule is C=C(Cl)CNC(CC)c1cc(F)ccc1F. The van der Waals surface area contributed by atoms with Crippen LogP contribution in [0.3, 0.4) is 0 Å². The number of hydrogen-bond donors (Lipinski definition) is 1. The molecule has 0 saturated carbocycles. The van der Waals surface area contributed by atoms with Gasteiger partial charge in [-0.25, -0.2) is 8.78 Å². The number of hydrogen-bond acceptors (Lipinski definition) is 1. The van der Waals surface area contributed by atoms with Crippen LogP contribution in [0.2, 0.25) is 0 Å². The molecule has 0 heterocycles. The molecule has 0 aliphatic rings. The van der Waals surface area contributed by atoms with E-state index in [0.717, 1.165) is 12.1 Å². The zero-order valence-electron chi connectivity index (χ0n) is 9.06. The highest BCUT2D eigenvalue weighted by Crippen LogP contribution is 2.21. The maximum atomic E-state index is 13.5. The van der Waals surface area contributed by atoms with Gasteiger partial charge in [-0.1, -0.05) is 25.1 Å². The summed E-state index contributed by atoms with van der Waals surface area (Å²) in [7, 11) is 0. The molecule has 0 spiro atoms. The van der Waals surface area contributed by atoms with E-state index in [1.165, 1.54) is 6.07 Å². The Hall–Kier alpha value is -0.930. The quantitative estimate of drug-likeness (QED) is 0.833. The first kappa shape index (κ1) is 13.1. The lowest BCUT2D eigenvalue weighted by Gasteiger charge is -2.17. The lowest BCUT2D eigenvalue weighted by molar-refractivity contribution is 0.501. The lowest BCUT2D eigenvalue weighted by Crippen LogP contribution is -2.23. The highest BCUT2D eigenvalue weighted by molar-refractivity contribution is 6.29. The normalized spacial score (nSPS) is 12.5. The van der Waals surface area contributed by atoms with Gasteiger partial charge in [-0.3, -0.25) is 0 Å². The Labute approximate surface area is 99.1 Å². The van der Waals surface area contributed by atoms with Gasteiger partial charge in [-0.15, -0.1) is 0 Å². The van der Waals surface area contributed by atoms with Gasteiger partial charge < -0.3 is 5.32 Å². The second-order valence-corrected chi connectivity index (χ2v) is 4.06. The summed E-state index contributed by atoms with van der Waals surface area (Å²) in [6, 6.07) is 3.18. The summed E-state index contributed by atoms with van der Waals surface area (Å²) in [5, 5.41) is 3.46. The Balaban J connectivity index is 2.85. The van der Waals surface area contributed by atoms with E-state index in [1.807, 2.05) is 6.92 Å². The Bertz CT molecular complexity index is 379. The maximum Gasteiger partial charge on any atom is 0.128 e. The third-order valence-corrected chi connectivity index (χ3v) is 2.42. The van der Waals surface area contributed by atoms with E-state index in [0.29, 0.717) is 23.6 Å². The first-order valence-electron chi connectivity index (χ1n) is 5.06. The minimum absolute atomic E-state index is 0.258. The summed E-state index contributed by atoms with van der Waals surface area (Å²) in [5.74, 6) is -0.859. The van der Waals surface area contributed by atoms with Crippen molar-refractivity contribution >= 4 is 11.6 Å². The molecule has 0 aliphatic heterocycles. The summed E-state index contributed by atoms with van der Waals surface area (Å²) in [5.41, 5.74) is 0.320. The minimum atomic E-state index is -0.443. The van der Waals surface area contributed by atoms with E-state index in [1.54, 1.807) is 0 Å². The van der Waals surface area contributed by atoms with Gasteiger partial charge in [0.15, 0.2) is 0 Å². The average Bonchev–Trinajstić information content (AvgIpc) is 2.23. The monoisotopic (exact) mass is 245 g/mol. The third-order valence-electron chi connectivity index (χ3n) is 2.28. The Morgan fingerprint density at radius 1 is 1.50 bits per heavy atom. The predicted octanol–water partition coefficient (Wildman–Crippen LogP) is 3.76. The van der Waals surface area contributed by atoms with Crippen molar-refractivity contribution in [1.82, 2.24) is 5.32 Å². The van der Waals surface area contributed by atoms with Crippen molar-refractivity contribution < 1.29 is 8.78 Å². The molecular weight excluding hydrogens is 232 g/mol. The van der Waals surface area contributed by atoms with E-state index in [4.69, 9.17) is 11.6 Å². The molecule has 16 heavy (non-hydrogen) atoms. The number of halogens is 3. The van der Waals surface area contributed by atoms with Crippen LogP contribution in [-0.4, -0.2) is 6.54 Å². The van der Waals surface area contributed by atoms with Crippen molar-refractivity contribution in [3.63, 3.8) is 0 Å². The van der Waals surface area contributed by atoms with E-state index in [9.17, 15) is 8.78 Å². The molecule has 0 radical (unpaired) electrons. The summed E-state index contributed by atoms with van der Waals surface area (Å²) in [6.45, 7) is 5.79. The van der Waals surface area contributed by atoms with Crippen LogP contribution in [0.15, 0.2) is 29.8 Å². The fourth-order valence-corrected chi connectivity index (χ4v) is 1.57. The Kier molecular flexibility index (Phi) is 4.90. The molecule has 1 aromatic carbocycles. The van der Waals surface area contributed by atoms with Gasteiger partial charge in [-0.2, -0.15) is 0 Å². The smallest absolute Gasteiger partial charge is 0.128 e. The topological polar surface area (TPSA) is 12.0 Å². The van der Waals surface area contributed by atoms with Gasteiger partial charge in [0, 0.05) is 23.2 Å². The van der Waals surface area contributed by atoms with Crippen molar-refractivity contribution in [2.75, 3.05) is 6.54 Å². The second kappa shape index (κ2) is 5.97. The fourth-order valence-electron chi connectivity index (χ4n) is 1.49. The molecule has 1 N–H and O–H groups in total. The summed E-state index contributed by atoms with van der Waals surface area (Å²) >= 11 is 5.61. The standard InChI is InChI=1S/C12H14ClF2N/c1-3-12(16-7-8(2)13)10-6-9(14)4-5-11(10)15/h4-6,12,16H,2-3,7H2,1H3. The molecule has 1 nitrogen and oxygen atoms in total. The number of rotatable bonds is 5. The van der Waals surface area contributed by atoms with Crippen molar-refractivity contribution in [1.29, 1.82) is 0 Å². The van der Waals surface area contributed by atoms with E-state index in [2.05, 4.69) is 11.9 Å². The van der Waals surface area contributed by atoms with Gasteiger partial charge >= 0.3 is 0 Å². The zero-order chi connectivity index (χ0) is 12.1. The second-order valence-electron chi connectivity index (χ2n) is 3.52. The molecule has 0 aliphatic carbocycles. The van der Waals surface area contributed by atoms with Crippen LogP contribution in [0.1, 0.15) is 24.9 Å². The molecule has 1 atom stereocenters. The number of benzene rings is 1. The molecule has 0 aromatic heterocycles. The summed E-state index contributed by atoms with van der Waals surface area (Å²) < 4.78 is 26.5. The summed E-state index contributed by atoms with van der Waals surface area (Å²) in [4.78, 5) is 0. The van der Waals surface area contributed by atoms with E-state index < -0.39 is 11.6 Å². The average molecular weight is 246 g/mol. The van der Waals surface area contributed by atoms with E-state index >= 15 is 0 Å². The molecule has 1 aromatic rings. The van der Waals surface area contributed by atoms with Crippen LogP contribution in [0.25, 0.3) is 0 Å². The zero-order valence-corrected chi connectivity index (χ0v) is 9.82. The fraction of sp³-hybridized carbons (Fsp3) is 0.333. The minimum Gasteiger partial charge on any atom is -0.305 e. The van der Waals surface area contributed by atoms with Crippen LogP contribution in [-0.2, 0) is 0 Å². The van der Waals surface area contributed by atoms with Crippen molar-refractivity contribution in [3.05, 3.63) is 47.0 Å². The van der Waals surface area contributed by atoms with Crippen LogP contribution < -0.4 is 5.32 Å². The van der Waals surface area contributed by atoms with Gasteiger partial charge in [0.2, 0.25) is 0 Å². The van der Waals surface area contributed by atoms with Crippen LogP contribution >= 0.6 is 11.6 Å². The predicted molar refractivity (Wildman–Crippen MR) is 62.4 cm³/mol. The molecule has 4 heteroatoms. The molecule has 0 fully saturated rings. The van der Waals surface area contributed by atoms with Crippen LogP contribution in [0.4, 0.5) is 8.78 Å². The molecule has 1 rings (SSSR count). The highest BCUT2D eigenvalue weighted by Gasteiger charge is 2.14. The molecule has 0 amide bonds. The first-order chi connectivity index (χ1) is 7.54. The van der Waals surface area contributed by atoms with E-state index in [-0.39, 0.29) is 6.04 Å². The maximum absolute atomic E-state index is 13.5. The molecule has 0 saturated heterocycles. The van der Waals surface area contributed by atoms with Crippen LogP contribution in [0.5, 0.6) is 0 Å². The lowest BCUT2D eigenvalue weighted by atomic mass is 10.0. The first-order valence-corrected chi connectivity index (χ1v) is 5.44.